The van der Waals surface area contributed by atoms with Crippen LogP contribution in [0.25, 0.3) is 0 Å². The number of carbonyl (C=O) groups is 2. The molecule has 2 aromatic carbocycles. The Morgan fingerprint density at radius 1 is 0.900 bits per heavy atom. The molecule has 3 rings (SSSR count). The van der Waals surface area contributed by atoms with Gasteiger partial charge in [0.2, 0.25) is 21.8 Å². The first-order valence-electron chi connectivity index (χ1n) is 9.93. The van der Waals surface area contributed by atoms with Crippen LogP contribution in [0, 0.1) is 19.8 Å². The zero-order valence-corrected chi connectivity index (χ0v) is 18.3. The lowest BCUT2D eigenvalue weighted by Crippen LogP contribution is -2.41. The molecule has 0 atom stereocenters. The van der Waals surface area contributed by atoms with E-state index in [1.165, 1.54) is 11.2 Å². The summed E-state index contributed by atoms with van der Waals surface area (Å²) in [6.45, 7) is 5.81. The summed E-state index contributed by atoms with van der Waals surface area (Å²) >= 11 is 0. The molecule has 0 saturated carbocycles. The molecule has 0 aromatic heterocycles. The molecule has 0 bridgehead atoms. The van der Waals surface area contributed by atoms with Gasteiger partial charge in [0, 0.05) is 25.9 Å². The highest BCUT2D eigenvalue weighted by Gasteiger charge is 2.32. The fourth-order valence-corrected chi connectivity index (χ4v) is 4.98. The molecule has 1 aliphatic heterocycles. The molecule has 30 heavy (non-hydrogen) atoms. The van der Waals surface area contributed by atoms with Crippen molar-refractivity contribution < 1.29 is 18.0 Å². The van der Waals surface area contributed by atoms with Gasteiger partial charge in [0.05, 0.1) is 16.3 Å². The van der Waals surface area contributed by atoms with Gasteiger partial charge in [-0.1, -0.05) is 23.8 Å². The van der Waals surface area contributed by atoms with Gasteiger partial charge in [-0.25, -0.2) is 8.42 Å². The number of hydrogen-bond donors (Lipinski definition) is 2. The number of aryl methyl sites for hydroxylation is 2. The predicted octanol–water partition coefficient (Wildman–Crippen LogP) is 3.30. The Bertz CT molecular complexity index is 1040. The summed E-state index contributed by atoms with van der Waals surface area (Å²) in [6, 6.07) is 12.2. The van der Waals surface area contributed by atoms with Crippen LogP contribution in [0.3, 0.4) is 0 Å². The van der Waals surface area contributed by atoms with Crippen molar-refractivity contribution in [3.63, 3.8) is 0 Å². The second-order valence-electron chi connectivity index (χ2n) is 7.71. The molecule has 0 radical (unpaired) electrons. The van der Waals surface area contributed by atoms with E-state index < -0.39 is 10.0 Å². The van der Waals surface area contributed by atoms with Gasteiger partial charge < -0.3 is 10.6 Å². The van der Waals surface area contributed by atoms with Crippen LogP contribution in [0.1, 0.15) is 30.9 Å². The molecule has 2 N–H and O–H groups in total. The van der Waals surface area contributed by atoms with Crippen LogP contribution in [0.4, 0.5) is 11.4 Å². The number of anilines is 2. The van der Waals surface area contributed by atoms with Gasteiger partial charge >= 0.3 is 0 Å². The van der Waals surface area contributed by atoms with E-state index in [0.717, 1.165) is 11.1 Å². The van der Waals surface area contributed by atoms with Gasteiger partial charge in [-0.3, -0.25) is 9.59 Å². The van der Waals surface area contributed by atoms with Crippen LogP contribution >= 0.6 is 0 Å². The second-order valence-corrected chi connectivity index (χ2v) is 9.65. The first-order chi connectivity index (χ1) is 14.2. The zero-order chi connectivity index (χ0) is 21.9. The highest BCUT2D eigenvalue weighted by atomic mass is 32.2. The van der Waals surface area contributed by atoms with E-state index in [4.69, 9.17) is 0 Å². The lowest BCUT2D eigenvalue weighted by molar-refractivity contribution is -0.121. The van der Waals surface area contributed by atoms with Crippen LogP contribution in [0.5, 0.6) is 0 Å². The monoisotopic (exact) mass is 429 g/mol. The molecule has 7 nitrogen and oxygen atoms in total. The number of piperidine rings is 1. The van der Waals surface area contributed by atoms with Gasteiger partial charge in [0.15, 0.2) is 0 Å². The van der Waals surface area contributed by atoms with E-state index in [9.17, 15) is 18.0 Å². The summed E-state index contributed by atoms with van der Waals surface area (Å²) in [5.74, 6) is -0.677. The number of nitrogens with zero attached hydrogens (tertiary/aromatic N) is 1. The molecule has 8 heteroatoms. The van der Waals surface area contributed by atoms with Crippen molar-refractivity contribution in [2.75, 3.05) is 23.7 Å². The predicted molar refractivity (Wildman–Crippen MR) is 117 cm³/mol. The highest BCUT2D eigenvalue weighted by molar-refractivity contribution is 7.89. The SMILES string of the molecule is CC(=O)Nc1ccc(C)cc1NC(=O)C1CCN(S(=O)(=O)c2ccc(C)cc2)CC1. The van der Waals surface area contributed by atoms with Gasteiger partial charge in [0.1, 0.15) is 0 Å². The first kappa shape index (κ1) is 22.0. The topological polar surface area (TPSA) is 95.6 Å². The van der Waals surface area contributed by atoms with E-state index in [-0.39, 0.29) is 22.6 Å². The van der Waals surface area contributed by atoms with Crippen LogP contribution in [0.15, 0.2) is 47.4 Å². The molecule has 2 amide bonds. The average molecular weight is 430 g/mol. The molecular formula is C22H27N3O4S. The second kappa shape index (κ2) is 8.97. The Hall–Kier alpha value is -2.71. The Morgan fingerprint density at radius 3 is 2.10 bits per heavy atom. The van der Waals surface area contributed by atoms with Gasteiger partial charge in [-0.15, -0.1) is 0 Å². The maximum atomic E-state index is 12.8. The normalized spacial score (nSPS) is 15.6. The standard InChI is InChI=1S/C22H27N3O4S/c1-15-4-7-19(8-5-15)30(28,29)25-12-10-18(11-13-25)22(27)24-21-14-16(2)6-9-20(21)23-17(3)26/h4-9,14,18H,10-13H2,1-3H3,(H,23,26)(H,24,27). The molecular weight excluding hydrogens is 402 g/mol. The van der Waals surface area contributed by atoms with E-state index >= 15 is 0 Å². The van der Waals surface area contributed by atoms with Crippen LogP contribution in [0.2, 0.25) is 0 Å². The summed E-state index contributed by atoms with van der Waals surface area (Å²) in [4.78, 5) is 24.5. The highest BCUT2D eigenvalue weighted by Crippen LogP contribution is 2.28. The molecule has 1 fully saturated rings. The van der Waals surface area contributed by atoms with Crippen molar-refractivity contribution in [2.24, 2.45) is 5.92 Å². The minimum absolute atomic E-state index is 0.167. The third kappa shape index (κ3) is 5.06. The molecule has 2 aromatic rings. The fourth-order valence-electron chi connectivity index (χ4n) is 3.51. The van der Waals surface area contributed by atoms with E-state index in [2.05, 4.69) is 10.6 Å². The number of benzene rings is 2. The first-order valence-corrected chi connectivity index (χ1v) is 11.4. The average Bonchev–Trinajstić information content (AvgIpc) is 2.70. The van der Waals surface area contributed by atoms with Crippen LogP contribution in [-0.4, -0.2) is 37.6 Å². The lowest BCUT2D eigenvalue weighted by Gasteiger charge is -2.30. The Kier molecular flexibility index (Phi) is 6.58. The fraction of sp³-hybridized carbons (Fsp3) is 0.364. The van der Waals surface area contributed by atoms with E-state index in [0.29, 0.717) is 37.3 Å². The van der Waals surface area contributed by atoms with Gasteiger partial charge in [0.25, 0.3) is 0 Å². The Morgan fingerprint density at radius 2 is 1.50 bits per heavy atom. The van der Waals surface area contributed by atoms with Gasteiger partial charge in [-0.2, -0.15) is 4.31 Å². The number of hydrogen-bond acceptors (Lipinski definition) is 4. The maximum absolute atomic E-state index is 12.8. The van der Waals surface area contributed by atoms with E-state index in [1.54, 1.807) is 36.4 Å². The van der Waals surface area contributed by atoms with Crippen molar-refractivity contribution in [3.8, 4) is 0 Å². The van der Waals surface area contributed by atoms with E-state index in [1.807, 2.05) is 19.9 Å². The smallest absolute Gasteiger partial charge is 0.243 e. The summed E-state index contributed by atoms with van der Waals surface area (Å²) in [5, 5.41) is 5.61. The molecule has 1 heterocycles. The number of sulfonamides is 1. The number of amides is 2. The molecule has 0 aliphatic carbocycles. The summed E-state index contributed by atoms with van der Waals surface area (Å²) in [7, 11) is -3.56. The minimum atomic E-state index is -3.56. The largest absolute Gasteiger partial charge is 0.325 e. The van der Waals surface area contributed by atoms with Crippen molar-refractivity contribution in [3.05, 3.63) is 53.6 Å². The molecule has 0 unspecified atom stereocenters. The quantitative estimate of drug-likeness (QED) is 0.762. The summed E-state index contributed by atoms with van der Waals surface area (Å²) in [6.07, 6.45) is 0.885. The van der Waals surface area contributed by atoms with Crippen LogP contribution in [-0.2, 0) is 19.6 Å². The minimum Gasteiger partial charge on any atom is -0.325 e. The lowest BCUT2D eigenvalue weighted by atomic mass is 9.97. The zero-order valence-electron chi connectivity index (χ0n) is 17.4. The van der Waals surface area contributed by atoms with Crippen molar-refractivity contribution in [1.29, 1.82) is 0 Å². The number of carbonyl (C=O) groups excluding carboxylic acids is 2. The van der Waals surface area contributed by atoms with Crippen molar-refractivity contribution in [1.82, 2.24) is 4.31 Å². The third-order valence-corrected chi connectivity index (χ3v) is 7.14. The van der Waals surface area contributed by atoms with Gasteiger partial charge in [-0.05, 0) is 56.5 Å². The number of nitrogens with one attached hydrogen (secondary N) is 2. The Labute approximate surface area is 177 Å². The molecule has 160 valence electrons. The third-order valence-electron chi connectivity index (χ3n) is 5.23. The van der Waals surface area contributed by atoms with Crippen molar-refractivity contribution in [2.45, 2.75) is 38.5 Å². The number of rotatable bonds is 5. The Balaban J connectivity index is 1.65. The van der Waals surface area contributed by atoms with Crippen LogP contribution < -0.4 is 10.6 Å². The molecule has 0 spiro atoms. The molecule has 1 saturated heterocycles. The molecule has 1 aliphatic rings. The summed E-state index contributed by atoms with van der Waals surface area (Å²) < 4.78 is 27.1. The maximum Gasteiger partial charge on any atom is 0.243 e. The van der Waals surface area contributed by atoms with Crippen molar-refractivity contribution >= 4 is 33.2 Å². The summed E-state index contributed by atoms with van der Waals surface area (Å²) in [5.41, 5.74) is 3.04.